The minimum absolute atomic E-state index is 0.141. The number of aromatic nitrogens is 2. The number of carbonyl (C=O) groups excluding carboxylic acids is 1. The van der Waals surface area contributed by atoms with Crippen molar-refractivity contribution in [3.05, 3.63) is 39.8 Å². The molecule has 1 aromatic carbocycles. The van der Waals surface area contributed by atoms with Crippen LogP contribution in [0.25, 0.3) is 0 Å². The molecule has 1 N–H and O–H groups in total. The number of amides is 1. The van der Waals surface area contributed by atoms with Crippen molar-refractivity contribution in [1.29, 1.82) is 0 Å². The average molecular weight is 353 g/mol. The maximum Gasteiger partial charge on any atom is 0.273 e. The van der Waals surface area contributed by atoms with Gasteiger partial charge in [0.05, 0.1) is 5.69 Å². The van der Waals surface area contributed by atoms with Crippen LogP contribution < -0.4 is 10.2 Å². The van der Waals surface area contributed by atoms with Gasteiger partial charge in [-0.2, -0.15) is 0 Å². The van der Waals surface area contributed by atoms with Crippen LogP contribution in [-0.2, 0) is 0 Å². The van der Waals surface area contributed by atoms with E-state index < -0.39 is 0 Å². The molecule has 0 bridgehead atoms. The molecule has 0 saturated carbocycles. The summed E-state index contributed by atoms with van der Waals surface area (Å²) in [7, 11) is 0. The Hall–Kier alpha value is -1.47. The number of benzene rings is 1. The Morgan fingerprint density at radius 3 is 3.05 bits per heavy atom. The number of anilines is 1. The second-order valence-electron chi connectivity index (χ2n) is 4.65. The Labute approximate surface area is 129 Å². The van der Waals surface area contributed by atoms with E-state index in [0.29, 0.717) is 5.69 Å². The van der Waals surface area contributed by atoms with Crippen molar-refractivity contribution in [1.82, 2.24) is 14.9 Å². The lowest BCUT2D eigenvalue weighted by Crippen LogP contribution is -2.37. The molecule has 0 spiro atoms. The summed E-state index contributed by atoms with van der Waals surface area (Å²) in [4.78, 5) is 14.2. The molecule has 1 aliphatic rings. The van der Waals surface area contributed by atoms with Crippen LogP contribution in [0.1, 0.15) is 16.9 Å². The molecule has 1 atom stereocenters. The molecule has 1 unspecified atom stereocenters. The van der Waals surface area contributed by atoms with E-state index in [9.17, 15) is 4.79 Å². The van der Waals surface area contributed by atoms with Gasteiger partial charge >= 0.3 is 0 Å². The highest BCUT2D eigenvalue weighted by atomic mass is 79.9. The number of carbonyl (C=O) groups is 1. The molecule has 1 amide bonds. The summed E-state index contributed by atoms with van der Waals surface area (Å²) in [5, 5.41) is 8.46. The molecule has 20 heavy (non-hydrogen) atoms. The third-order valence-electron chi connectivity index (χ3n) is 3.31. The topological polar surface area (TPSA) is 58.1 Å². The van der Waals surface area contributed by atoms with Crippen LogP contribution >= 0.6 is 27.5 Å². The summed E-state index contributed by atoms with van der Waals surface area (Å²) >= 11 is 4.75. The van der Waals surface area contributed by atoms with E-state index >= 15 is 0 Å². The molecule has 1 fully saturated rings. The number of nitrogens with one attached hydrogen (secondary N) is 1. The van der Waals surface area contributed by atoms with Crippen LogP contribution in [-0.4, -0.2) is 34.6 Å². The van der Waals surface area contributed by atoms with E-state index in [-0.39, 0.29) is 11.9 Å². The SMILES string of the molecule is O=C(NC1CCN(c2ccccc2Br)C1)c1csnn1. The first-order valence-corrected chi connectivity index (χ1v) is 7.94. The predicted molar refractivity (Wildman–Crippen MR) is 82.1 cm³/mol. The molecule has 0 radical (unpaired) electrons. The zero-order valence-corrected chi connectivity index (χ0v) is 13.0. The summed E-state index contributed by atoms with van der Waals surface area (Å²) in [5.41, 5.74) is 1.56. The highest BCUT2D eigenvalue weighted by Gasteiger charge is 2.25. The second-order valence-corrected chi connectivity index (χ2v) is 6.11. The first kappa shape index (κ1) is 13.5. The van der Waals surface area contributed by atoms with Crippen molar-refractivity contribution in [2.45, 2.75) is 12.5 Å². The lowest BCUT2D eigenvalue weighted by Gasteiger charge is -2.20. The number of hydrogen-bond acceptors (Lipinski definition) is 5. The van der Waals surface area contributed by atoms with Gasteiger partial charge in [0.25, 0.3) is 5.91 Å². The quantitative estimate of drug-likeness (QED) is 0.920. The van der Waals surface area contributed by atoms with Crippen LogP contribution in [0, 0.1) is 0 Å². The fourth-order valence-corrected chi connectivity index (χ4v) is 3.30. The Kier molecular flexibility index (Phi) is 3.98. The highest BCUT2D eigenvalue weighted by Crippen LogP contribution is 2.28. The van der Waals surface area contributed by atoms with Gasteiger partial charge in [0.1, 0.15) is 0 Å². The summed E-state index contributed by atoms with van der Waals surface area (Å²) in [6.45, 7) is 1.74. The van der Waals surface area contributed by atoms with E-state index in [2.05, 4.69) is 41.8 Å². The van der Waals surface area contributed by atoms with Crippen LogP contribution in [0.5, 0.6) is 0 Å². The largest absolute Gasteiger partial charge is 0.368 e. The van der Waals surface area contributed by atoms with Crippen LogP contribution in [0.15, 0.2) is 34.1 Å². The molecule has 1 aromatic heterocycles. The number of halogens is 1. The Balaban J connectivity index is 1.63. The maximum atomic E-state index is 11.9. The molecule has 2 heterocycles. The van der Waals surface area contributed by atoms with Crippen LogP contribution in [0.2, 0.25) is 0 Å². The first-order valence-electron chi connectivity index (χ1n) is 6.31. The van der Waals surface area contributed by atoms with E-state index in [0.717, 1.165) is 24.0 Å². The average Bonchev–Trinajstić information content (AvgIpc) is 3.10. The van der Waals surface area contributed by atoms with Crippen molar-refractivity contribution < 1.29 is 4.79 Å². The molecule has 7 heteroatoms. The summed E-state index contributed by atoms with van der Waals surface area (Å²) in [6, 6.07) is 8.28. The van der Waals surface area contributed by atoms with Gasteiger partial charge in [0.15, 0.2) is 5.69 Å². The maximum absolute atomic E-state index is 11.9. The molecular weight excluding hydrogens is 340 g/mol. The molecule has 104 valence electrons. The van der Waals surface area contributed by atoms with E-state index in [1.807, 2.05) is 18.2 Å². The molecule has 0 aliphatic carbocycles. The smallest absolute Gasteiger partial charge is 0.273 e. The van der Waals surface area contributed by atoms with Crippen molar-refractivity contribution in [2.24, 2.45) is 0 Å². The number of hydrogen-bond donors (Lipinski definition) is 1. The van der Waals surface area contributed by atoms with Crippen molar-refractivity contribution in [3.63, 3.8) is 0 Å². The van der Waals surface area contributed by atoms with Crippen molar-refractivity contribution in [2.75, 3.05) is 18.0 Å². The lowest BCUT2D eigenvalue weighted by molar-refractivity contribution is 0.0935. The minimum Gasteiger partial charge on any atom is -0.368 e. The van der Waals surface area contributed by atoms with Crippen LogP contribution in [0.4, 0.5) is 5.69 Å². The van der Waals surface area contributed by atoms with Gasteiger partial charge in [-0.15, -0.1) is 5.10 Å². The van der Waals surface area contributed by atoms with Crippen LogP contribution in [0.3, 0.4) is 0 Å². The van der Waals surface area contributed by atoms with Gasteiger partial charge in [-0.1, -0.05) is 16.6 Å². The predicted octanol–water partition coefficient (Wildman–Crippen LogP) is 2.31. The van der Waals surface area contributed by atoms with Gasteiger partial charge in [-0.25, -0.2) is 0 Å². The third kappa shape index (κ3) is 2.83. The van der Waals surface area contributed by atoms with Gasteiger partial charge < -0.3 is 10.2 Å². The minimum atomic E-state index is -0.141. The Bertz CT molecular complexity index is 604. The van der Waals surface area contributed by atoms with E-state index in [1.54, 1.807) is 5.38 Å². The lowest BCUT2D eigenvalue weighted by atomic mass is 10.2. The molecule has 1 saturated heterocycles. The number of para-hydroxylation sites is 1. The molecule has 1 aliphatic heterocycles. The molecular formula is C13H13BrN4OS. The normalized spacial score (nSPS) is 18.2. The summed E-state index contributed by atoms with van der Waals surface area (Å²) in [5.74, 6) is -0.141. The number of nitrogens with zero attached hydrogens (tertiary/aromatic N) is 3. The molecule has 3 rings (SSSR count). The number of rotatable bonds is 3. The van der Waals surface area contributed by atoms with Crippen molar-refractivity contribution in [3.8, 4) is 0 Å². The van der Waals surface area contributed by atoms with Gasteiger partial charge in [-0.3, -0.25) is 4.79 Å². The van der Waals surface area contributed by atoms with Gasteiger partial charge in [0.2, 0.25) is 0 Å². The fourth-order valence-electron chi connectivity index (χ4n) is 2.33. The molecule has 5 nitrogen and oxygen atoms in total. The third-order valence-corrected chi connectivity index (χ3v) is 4.48. The highest BCUT2D eigenvalue weighted by molar-refractivity contribution is 9.10. The fraction of sp³-hybridized carbons (Fsp3) is 0.308. The summed E-state index contributed by atoms with van der Waals surface area (Å²) < 4.78 is 4.79. The Morgan fingerprint density at radius 2 is 2.30 bits per heavy atom. The molecule has 2 aromatic rings. The standard InChI is InChI=1S/C13H13BrN4OS/c14-10-3-1-2-4-12(10)18-6-5-9(7-18)15-13(19)11-8-20-17-16-11/h1-4,8-9H,5-7H2,(H,15,19). The van der Waals surface area contributed by atoms with E-state index in [1.165, 1.54) is 17.2 Å². The van der Waals surface area contributed by atoms with E-state index in [4.69, 9.17) is 0 Å². The van der Waals surface area contributed by atoms with Gasteiger partial charge in [0, 0.05) is 29.0 Å². The summed E-state index contributed by atoms with van der Waals surface area (Å²) in [6.07, 6.45) is 0.935. The Morgan fingerprint density at radius 1 is 1.45 bits per heavy atom. The zero-order chi connectivity index (χ0) is 13.9. The second kappa shape index (κ2) is 5.88. The van der Waals surface area contributed by atoms with Gasteiger partial charge in [-0.05, 0) is 46.0 Å². The first-order chi connectivity index (χ1) is 9.74. The monoisotopic (exact) mass is 352 g/mol. The van der Waals surface area contributed by atoms with Crippen molar-refractivity contribution >= 4 is 39.1 Å². The zero-order valence-electron chi connectivity index (χ0n) is 10.6.